The molecule has 3 unspecified atom stereocenters. The second-order valence-corrected chi connectivity index (χ2v) is 9.05. The number of hydrogen-bond donors (Lipinski definition) is 3. The van der Waals surface area contributed by atoms with E-state index in [0.717, 1.165) is 6.08 Å². The molecule has 194 valence electrons. The van der Waals surface area contributed by atoms with Crippen molar-refractivity contribution in [2.75, 3.05) is 0 Å². The molecule has 1 aromatic heterocycles. The lowest BCUT2D eigenvalue weighted by atomic mass is 9.77. The van der Waals surface area contributed by atoms with Crippen molar-refractivity contribution in [3.63, 3.8) is 0 Å². The Labute approximate surface area is 221 Å². The summed E-state index contributed by atoms with van der Waals surface area (Å²) in [6.07, 6.45) is -0.559. The predicted octanol–water partition coefficient (Wildman–Crippen LogP) is 5.22. The van der Waals surface area contributed by atoms with Crippen molar-refractivity contribution in [3.8, 4) is 6.07 Å². The van der Waals surface area contributed by atoms with Gasteiger partial charge in [0.15, 0.2) is 10.5 Å². The van der Waals surface area contributed by atoms with Crippen molar-refractivity contribution < 1.29 is 22.4 Å². The number of nitrogens with one attached hydrogen (secondary N) is 3. The molecule has 1 aliphatic rings. The van der Waals surface area contributed by atoms with E-state index in [9.17, 15) is 27.6 Å². The van der Waals surface area contributed by atoms with Gasteiger partial charge in [0.1, 0.15) is 11.5 Å². The number of benzene rings is 2. The van der Waals surface area contributed by atoms with Crippen LogP contribution in [0, 0.1) is 22.6 Å². The van der Waals surface area contributed by atoms with E-state index in [1.165, 1.54) is 30.5 Å². The first-order valence-electron chi connectivity index (χ1n) is 11.4. The lowest BCUT2D eigenvalue weighted by Crippen LogP contribution is -2.54. The second kappa shape index (κ2) is 10.6. The van der Waals surface area contributed by atoms with E-state index in [0.29, 0.717) is 22.4 Å². The van der Waals surface area contributed by atoms with Crippen LogP contribution in [0.25, 0.3) is 10.8 Å². The zero-order chi connectivity index (χ0) is 27.5. The van der Waals surface area contributed by atoms with Gasteiger partial charge in [-0.2, -0.15) is 18.4 Å². The summed E-state index contributed by atoms with van der Waals surface area (Å²) in [5.74, 6) is -1.26. The zero-order valence-corrected chi connectivity index (χ0v) is 20.7. The lowest BCUT2D eigenvalue weighted by molar-refractivity contribution is -0.191. The Morgan fingerprint density at radius 3 is 2.55 bits per heavy atom. The molecule has 3 atom stereocenters. The van der Waals surface area contributed by atoms with Crippen LogP contribution in [0.2, 0.25) is 0 Å². The smallest absolute Gasteiger partial charge is 0.356 e. The van der Waals surface area contributed by atoms with Crippen molar-refractivity contribution in [1.29, 1.82) is 5.26 Å². The highest BCUT2D eigenvalue weighted by molar-refractivity contribution is 7.80. The SMILES string of the molecule is CC(NC(=S)NC1=CC(C#N)(C(F)(F)F)C(NC(=O)c2nccc3ccccc23)C=C1)c1ccc(F)cc1. The minimum Gasteiger partial charge on any atom is -0.356 e. The van der Waals surface area contributed by atoms with E-state index < -0.39 is 29.4 Å². The third kappa shape index (κ3) is 5.35. The highest BCUT2D eigenvalue weighted by atomic mass is 32.1. The van der Waals surface area contributed by atoms with E-state index >= 15 is 0 Å². The van der Waals surface area contributed by atoms with Crippen LogP contribution in [0.5, 0.6) is 0 Å². The number of thiocarbonyl (C=S) groups is 1. The van der Waals surface area contributed by atoms with Crippen LogP contribution >= 0.6 is 12.2 Å². The van der Waals surface area contributed by atoms with Crippen LogP contribution in [0.15, 0.2) is 84.7 Å². The maximum atomic E-state index is 14.4. The third-order valence-corrected chi connectivity index (χ3v) is 6.37. The summed E-state index contributed by atoms with van der Waals surface area (Å²) in [4.78, 5) is 17.1. The molecule has 4 rings (SSSR count). The number of amides is 1. The first-order valence-corrected chi connectivity index (χ1v) is 11.8. The Balaban J connectivity index is 1.55. The highest BCUT2D eigenvalue weighted by Crippen LogP contribution is 2.45. The number of nitrogens with zero attached hydrogens (tertiary/aromatic N) is 2. The molecule has 0 saturated carbocycles. The molecule has 0 aliphatic heterocycles. The monoisotopic (exact) mass is 539 g/mol. The molecule has 1 aliphatic carbocycles. The van der Waals surface area contributed by atoms with E-state index in [1.54, 1.807) is 49.4 Å². The minimum atomic E-state index is -5.04. The number of hydrogen-bond acceptors (Lipinski definition) is 4. The minimum absolute atomic E-state index is 0.00539. The van der Waals surface area contributed by atoms with Crippen LogP contribution in [-0.2, 0) is 0 Å². The van der Waals surface area contributed by atoms with Gasteiger partial charge in [-0.15, -0.1) is 0 Å². The molecule has 0 bridgehead atoms. The fraction of sp³-hybridized carbons (Fsp3) is 0.185. The molecule has 0 radical (unpaired) electrons. The Bertz CT molecular complexity index is 1470. The molecule has 0 saturated heterocycles. The normalized spacial score (nSPS) is 19.7. The van der Waals surface area contributed by atoms with Crippen LogP contribution in [0.1, 0.15) is 29.0 Å². The second-order valence-electron chi connectivity index (χ2n) is 8.64. The maximum Gasteiger partial charge on any atom is 0.413 e. The molecule has 3 aromatic rings. The average molecular weight is 540 g/mol. The summed E-state index contributed by atoms with van der Waals surface area (Å²) >= 11 is 5.24. The predicted molar refractivity (Wildman–Crippen MR) is 138 cm³/mol. The Kier molecular flexibility index (Phi) is 7.46. The van der Waals surface area contributed by atoms with E-state index in [4.69, 9.17) is 12.2 Å². The maximum absolute atomic E-state index is 14.4. The van der Waals surface area contributed by atoms with Gasteiger partial charge in [0.2, 0.25) is 0 Å². The summed E-state index contributed by atoms with van der Waals surface area (Å²) in [6.45, 7) is 1.74. The number of carbonyl (C=O) groups excluding carboxylic acids is 1. The first kappa shape index (κ1) is 26.8. The number of pyridine rings is 1. The molecule has 0 spiro atoms. The number of carbonyl (C=O) groups is 1. The number of nitriles is 1. The Morgan fingerprint density at radius 1 is 1.16 bits per heavy atom. The Hall–Kier alpha value is -4.30. The van der Waals surface area contributed by atoms with Gasteiger partial charge in [-0.1, -0.05) is 42.5 Å². The molecule has 11 heteroatoms. The topological polar surface area (TPSA) is 89.8 Å². The summed E-state index contributed by atoms with van der Waals surface area (Å²) < 4.78 is 56.2. The van der Waals surface area contributed by atoms with Crippen LogP contribution < -0.4 is 16.0 Å². The van der Waals surface area contributed by atoms with Crippen molar-refractivity contribution >= 4 is 34.0 Å². The third-order valence-electron chi connectivity index (χ3n) is 6.15. The average Bonchev–Trinajstić information content (AvgIpc) is 2.88. The van der Waals surface area contributed by atoms with Gasteiger partial charge in [-0.25, -0.2) is 4.39 Å². The van der Waals surface area contributed by atoms with Gasteiger partial charge < -0.3 is 16.0 Å². The number of halogens is 4. The quantitative estimate of drug-likeness (QED) is 0.304. The lowest BCUT2D eigenvalue weighted by Gasteiger charge is -2.36. The molecule has 2 aromatic carbocycles. The number of fused-ring (bicyclic) bond motifs is 1. The van der Waals surface area contributed by atoms with Crippen LogP contribution in [0.4, 0.5) is 17.6 Å². The molecule has 0 fully saturated rings. The van der Waals surface area contributed by atoms with E-state index in [-0.39, 0.29) is 22.5 Å². The molecule has 1 heterocycles. The van der Waals surface area contributed by atoms with Crippen molar-refractivity contribution in [2.45, 2.75) is 25.2 Å². The standard InChI is InChI=1S/C27H21F4N5OS/c1-16(17-6-8-19(28)9-7-17)34-25(38)35-20-10-11-22(26(14-20,15-32)27(29,30)31)36-24(37)23-21-5-3-2-4-18(21)12-13-33-23/h2-14,16,22H,1H3,(H,36,37)(H2,34,35,38). The number of alkyl halides is 3. The molecular formula is C27H21F4N5OS. The van der Waals surface area contributed by atoms with Crippen LogP contribution in [0.3, 0.4) is 0 Å². The summed E-state index contributed by atoms with van der Waals surface area (Å²) in [5, 5.41) is 18.8. The summed E-state index contributed by atoms with van der Waals surface area (Å²) in [6, 6.07) is 13.4. The molecule has 6 nitrogen and oxygen atoms in total. The van der Waals surface area contributed by atoms with Crippen molar-refractivity contribution in [1.82, 2.24) is 20.9 Å². The largest absolute Gasteiger partial charge is 0.413 e. The molecule has 3 N–H and O–H groups in total. The van der Waals surface area contributed by atoms with Crippen LogP contribution in [-0.4, -0.2) is 28.2 Å². The number of rotatable bonds is 5. The van der Waals surface area contributed by atoms with Gasteiger partial charge in [0.25, 0.3) is 5.91 Å². The van der Waals surface area contributed by atoms with Gasteiger partial charge in [-0.3, -0.25) is 9.78 Å². The van der Waals surface area contributed by atoms with E-state index in [1.807, 2.05) is 0 Å². The number of aromatic nitrogens is 1. The van der Waals surface area contributed by atoms with Gasteiger partial charge in [0.05, 0.1) is 18.2 Å². The van der Waals surface area contributed by atoms with Crippen molar-refractivity contribution in [2.24, 2.45) is 5.41 Å². The van der Waals surface area contributed by atoms with Crippen molar-refractivity contribution in [3.05, 3.63) is 102 Å². The van der Waals surface area contributed by atoms with E-state index in [2.05, 4.69) is 20.9 Å². The molecule has 38 heavy (non-hydrogen) atoms. The van der Waals surface area contributed by atoms with Gasteiger partial charge in [0, 0.05) is 17.3 Å². The molecule has 1 amide bonds. The number of allylic oxidation sites excluding steroid dienone is 1. The fourth-order valence-electron chi connectivity index (χ4n) is 4.11. The van der Waals surface area contributed by atoms with Gasteiger partial charge >= 0.3 is 6.18 Å². The highest BCUT2D eigenvalue weighted by Gasteiger charge is 2.60. The zero-order valence-electron chi connectivity index (χ0n) is 19.9. The molecular weight excluding hydrogens is 518 g/mol. The fourth-order valence-corrected chi connectivity index (χ4v) is 4.40. The van der Waals surface area contributed by atoms with Gasteiger partial charge in [-0.05, 0) is 60.4 Å². The first-order chi connectivity index (χ1) is 18.0. The summed E-state index contributed by atoms with van der Waals surface area (Å²) in [7, 11) is 0. The summed E-state index contributed by atoms with van der Waals surface area (Å²) in [5.41, 5.74) is -2.52. The Morgan fingerprint density at radius 2 is 1.87 bits per heavy atom.